The Balaban J connectivity index is 3.60. The molecule has 1 rings (SSSR count). The van der Waals surface area contributed by atoms with Crippen molar-refractivity contribution in [3.63, 3.8) is 0 Å². The van der Waals surface area contributed by atoms with E-state index in [1.54, 1.807) is 0 Å². The largest absolute Gasteiger partial charge is 0.388 e. The molecule has 0 heterocycles. The van der Waals surface area contributed by atoms with E-state index in [4.69, 9.17) is 0 Å². The second kappa shape index (κ2) is 3.84. The Kier molecular flexibility index (Phi) is 2.74. The average molecular weight is 231 g/mol. The van der Waals surface area contributed by atoms with Crippen molar-refractivity contribution in [3.05, 3.63) is 48.3 Å². The van der Waals surface area contributed by atoms with Crippen LogP contribution in [0, 0.1) is 36.2 Å². The van der Waals surface area contributed by atoms with Crippen LogP contribution in [0.25, 0.3) is 0 Å². The van der Waals surface area contributed by atoms with Crippen molar-refractivity contribution in [1.29, 1.82) is 0 Å². The summed E-state index contributed by atoms with van der Waals surface area (Å²) in [5.41, 5.74) is -3.83. The minimum atomic E-state index is -1.83. The van der Waals surface area contributed by atoms with Crippen LogP contribution in [-0.4, -0.2) is 14.8 Å². The first-order valence-electron chi connectivity index (χ1n) is 3.62. The van der Waals surface area contributed by atoms with E-state index in [1.807, 2.05) is 0 Å². The van der Waals surface area contributed by atoms with Gasteiger partial charge in [0.05, 0.1) is 14.8 Å². The van der Waals surface area contributed by atoms with Crippen molar-refractivity contribution >= 4 is 17.1 Å². The highest BCUT2D eigenvalue weighted by Gasteiger charge is 2.35. The molecule has 0 aromatic heterocycles. The van der Waals surface area contributed by atoms with Gasteiger partial charge in [0, 0.05) is 12.1 Å². The molecule has 0 aliphatic rings. The minimum Gasteiger partial charge on any atom is -0.258 e. The molecule has 16 heavy (non-hydrogen) atoms. The van der Waals surface area contributed by atoms with Gasteiger partial charge < -0.3 is 0 Å². The zero-order valence-corrected chi connectivity index (χ0v) is 7.32. The lowest BCUT2D eigenvalue weighted by molar-refractivity contribution is -0.427. The molecule has 0 spiro atoms. The second-order valence-corrected chi connectivity index (χ2v) is 2.54. The zero-order chi connectivity index (χ0) is 12.5. The summed E-state index contributed by atoms with van der Waals surface area (Å²) in [6.07, 6.45) is 0. The summed E-state index contributed by atoms with van der Waals surface area (Å²) < 4.78 is 13.2. The predicted octanol–water partition coefficient (Wildman–Crippen LogP) is 1.55. The molecular weight excluding hydrogens is 229 g/mol. The molecule has 0 amide bonds. The lowest BCUT2D eigenvalue weighted by Crippen LogP contribution is -2.02. The van der Waals surface area contributed by atoms with Gasteiger partial charge in [-0.15, -0.1) is 0 Å². The Morgan fingerprint density at radius 1 is 0.875 bits per heavy atom. The molecule has 0 aliphatic heterocycles. The lowest BCUT2D eigenvalue weighted by Gasteiger charge is -1.96. The SMILES string of the molecule is O=[N+]([O-])c1ccc([N+](=O)[O-])c([N+](=O)[O-])c1F. The Labute approximate surface area is 85.6 Å². The molecular formula is C6H2FN3O6. The monoisotopic (exact) mass is 231 g/mol. The van der Waals surface area contributed by atoms with E-state index in [2.05, 4.69) is 0 Å². The van der Waals surface area contributed by atoms with E-state index in [-0.39, 0.29) is 0 Å². The molecule has 0 fully saturated rings. The minimum absolute atomic E-state index is 0.500. The van der Waals surface area contributed by atoms with Gasteiger partial charge in [0.1, 0.15) is 0 Å². The molecule has 0 radical (unpaired) electrons. The maximum Gasteiger partial charge on any atom is 0.388 e. The van der Waals surface area contributed by atoms with E-state index in [0.717, 1.165) is 0 Å². The van der Waals surface area contributed by atoms with Gasteiger partial charge in [-0.05, 0) is 0 Å². The van der Waals surface area contributed by atoms with Crippen molar-refractivity contribution in [2.24, 2.45) is 0 Å². The first kappa shape index (κ1) is 11.4. The Morgan fingerprint density at radius 3 is 1.69 bits per heavy atom. The molecule has 0 saturated carbocycles. The van der Waals surface area contributed by atoms with Crippen LogP contribution in [-0.2, 0) is 0 Å². The third kappa shape index (κ3) is 1.75. The van der Waals surface area contributed by atoms with Crippen LogP contribution in [0.15, 0.2) is 12.1 Å². The molecule has 84 valence electrons. The number of nitro groups is 3. The molecule has 1 aromatic carbocycles. The quantitative estimate of drug-likeness (QED) is 0.572. The van der Waals surface area contributed by atoms with Crippen LogP contribution in [0.1, 0.15) is 0 Å². The number of halogens is 1. The maximum atomic E-state index is 13.2. The predicted molar refractivity (Wildman–Crippen MR) is 46.4 cm³/mol. The van der Waals surface area contributed by atoms with Crippen LogP contribution < -0.4 is 0 Å². The summed E-state index contributed by atoms with van der Waals surface area (Å²) >= 11 is 0. The van der Waals surface area contributed by atoms with Gasteiger partial charge >= 0.3 is 17.1 Å². The van der Waals surface area contributed by atoms with Crippen LogP contribution >= 0.6 is 0 Å². The summed E-state index contributed by atoms with van der Waals surface area (Å²) in [5, 5.41) is 30.9. The summed E-state index contributed by atoms with van der Waals surface area (Å²) in [6.45, 7) is 0. The van der Waals surface area contributed by atoms with Crippen LogP contribution in [0.3, 0.4) is 0 Å². The number of rotatable bonds is 3. The van der Waals surface area contributed by atoms with E-state index < -0.39 is 37.6 Å². The number of nitro benzene ring substituents is 3. The molecule has 1 aromatic rings. The number of benzene rings is 1. The summed E-state index contributed by atoms with van der Waals surface area (Å²) in [7, 11) is 0. The highest BCUT2D eigenvalue weighted by molar-refractivity contribution is 5.59. The second-order valence-electron chi connectivity index (χ2n) is 2.54. The molecule has 0 N–H and O–H groups in total. The van der Waals surface area contributed by atoms with Crippen LogP contribution in [0.4, 0.5) is 21.5 Å². The Bertz CT molecular complexity index is 501. The van der Waals surface area contributed by atoms with E-state index in [1.165, 1.54) is 0 Å². The normalized spacial score (nSPS) is 9.81. The average Bonchev–Trinajstić information content (AvgIpc) is 2.15. The third-order valence-electron chi connectivity index (χ3n) is 1.65. The fraction of sp³-hybridized carbons (Fsp3) is 0. The van der Waals surface area contributed by atoms with Gasteiger partial charge in [0.25, 0.3) is 5.82 Å². The van der Waals surface area contributed by atoms with Gasteiger partial charge in [0.2, 0.25) is 0 Å². The van der Waals surface area contributed by atoms with Crippen LogP contribution in [0.5, 0.6) is 0 Å². The molecule has 0 bridgehead atoms. The van der Waals surface area contributed by atoms with Crippen molar-refractivity contribution in [3.8, 4) is 0 Å². The van der Waals surface area contributed by atoms with Crippen molar-refractivity contribution < 1.29 is 19.2 Å². The standard InChI is InChI=1S/C6H2FN3O6/c7-5-3(8(11)12)1-2-4(9(13)14)6(5)10(15)16/h1-2H. The van der Waals surface area contributed by atoms with E-state index >= 15 is 0 Å². The summed E-state index contributed by atoms with van der Waals surface area (Å²) in [6, 6.07) is 1.01. The highest BCUT2D eigenvalue weighted by Crippen LogP contribution is 2.34. The maximum absolute atomic E-state index is 13.2. The topological polar surface area (TPSA) is 129 Å². The van der Waals surface area contributed by atoms with Crippen LogP contribution in [0.2, 0.25) is 0 Å². The molecule has 0 atom stereocenters. The first-order valence-corrected chi connectivity index (χ1v) is 3.62. The molecule has 10 heteroatoms. The van der Waals surface area contributed by atoms with Gasteiger partial charge in [-0.2, -0.15) is 4.39 Å². The first-order chi connectivity index (χ1) is 7.36. The molecule has 0 aliphatic carbocycles. The van der Waals surface area contributed by atoms with Gasteiger partial charge in [0.15, 0.2) is 0 Å². The number of nitrogens with zero attached hydrogens (tertiary/aromatic N) is 3. The third-order valence-corrected chi connectivity index (χ3v) is 1.65. The fourth-order valence-corrected chi connectivity index (χ4v) is 1.01. The van der Waals surface area contributed by atoms with E-state index in [0.29, 0.717) is 12.1 Å². The number of hydrogen-bond donors (Lipinski definition) is 0. The summed E-state index contributed by atoms with van der Waals surface area (Å²) in [5.74, 6) is -1.83. The highest BCUT2D eigenvalue weighted by atomic mass is 19.1. The Hall–Kier alpha value is -2.65. The van der Waals surface area contributed by atoms with Gasteiger partial charge in [-0.25, -0.2) is 0 Å². The van der Waals surface area contributed by atoms with Gasteiger partial charge in [-0.1, -0.05) is 0 Å². The zero-order valence-electron chi connectivity index (χ0n) is 7.32. The van der Waals surface area contributed by atoms with Gasteiger partial charge in [-0.3, -0.25) is 30.3 Å². The molecule has 0 saturated heterocycles. The fourth-order valence-electron chi connectivity index (χ4n) is 1.01. The lowest BCUT2D eigenvalue weighted by atomic mass is 10.2. The van der Waals surface area contributed by atoms with Crippen molar-refractivity contribution in [1.82, 2.24) is 0 Å². The van der Waals surface area contributed by atoms with Crippen molar-refractivity contribution in [2.75, 3.05) is 0 Å². The molecule has 0 unspecified atom stereocenters. The smallest absolute Gasteiger partial charge is 0.258 e. The number of hydrogen-bond acceptors (Lipinski definition) is 6. The Morgan fingerprint density at radius 2 is 1.31 bits per heavy atom. The van der Waals surface area contributed by atoms with E-state index in [9.17, 15) is 34.7 Å². The summed E-state index contributed by atoms with van der Waals surface area (Å²) in [4.78, 5) is 27.2. The van der Waals surface area contributed by atoms with Crippen molar-refractivity contribution in [2.45, 2.75) is 0 Å². The molecule has 9 nitrogen and oxygen atoms in total.